The lowest BCUT2D eigenvalue weighted by molar-refractivity contribution is -0.139. The number of aliphatic hydroxyl groups is 1. The molecule has 1 saturated heterocycles. The summed E-state index contributed by atoms with van der Waals surface area (Å²) in [4.78, 5) is 28.5. The van der Waals surface area contributed by atoms with Crippen LogP contribution in [0.4, 0.5) is 0 Å². The Morgan fingerprint density at radius 3 is 2.45 bits per heavy atom. The summed E-state index contributed by atoms with van der Waals surface area (Å²) >= 11 is 0. The highest BCUT2D eigenvalue weighted by Crippen LogP contribution is 2.43. The van der Waals surface area contributed by atoms with Crippen molar-refractivity contribution in [2.24, 2.45) is 0 Å². The fraction of sp³-hybridized carbons (Fsp3) is 0.312. The summed E-state index contributed by atoms with van der Waals surface area (Å²) in [5.74, 6) is 0.459. The van der Waals surface area contributed by atoms with E-state index in [1.807, 2.05) is 50.2 Å². The van der Waals surface area contributed by atoms with Crippen molar-refractivity contribution < 1.29 is 33.6 Å². The molecule has 8 nitrogen and oxygen atoms in total. The number of benzene rings is 3. The number of ether oxygens (including phenoxy) is 4. The van der Waals surface area contributed by atoms with Crippen LogP contribution in [0.15, 0.2) is 72.3 Å². The molecule has 0 aliphatic carbocycles. The number of rotatable bonds is 10. The third-order valence-corrected chi connectivity index (χ3v) is 6.88. The first-order valence-corrected chi connectivity index (χ1v) is 13.6. The summed E-state index contributed by atoms with van der Waals surface area (Å²) in [6.07, 6.45) is 1.38. The van der Waals surface area contributed by atoms with Crippen LogP contribution in [-0.2, 0) is 16.0 Å². The molecule has 1 atom stereocenters. The Labute approximate surface area is 233 Å². The van der Waals surface area contributed by atoms with Crippen molar-refractivity contribution in [2.45, 2.75) is 32.7 Å². The van der Waals surface area contributed by atoms with Crippen molar-refractivity contribution in [2.75, 3.05) is 33.0 Å². The predicted octanol–water partition coefficient (Wildman–Crippen LogP) is 5.31. The number of aliphatic hydroxyl groups excluding tert-OH is 1. The Kier molecular flexibility index (Phi) is 8.24. The second-order valence-corrected chi connectivity index (χ2v) is 9.57. The van der Waals surface area contributed by atoms with E-state index in [0.29, 0.717) is 67.0 Å². The number of likely N-dealkylation sites (tertiary alicyclic amines) is 1. The molecule has 3 aromatic carbocycles. The molecule has 8 heteroatoms. The Bertz CT molecular complexity index is 1420. The SMILES string of the molecule is CCCOc1ccc(C2/C(=C(/O)c3ccc4c(c3)OCCO4)C(=O)C(=O)N2CCc2ccccc2)cc1OCC. The van der Waals surface area contributed by atoms with Crippen LogP contribution in [0.1, 0.15) is 43.0 Å². The van der Waals surface area contributed by atoms with Crippen LogP contribution in [-0.4, -0.2) is 54.7 Å². The standard InChI is InChI=1S/C32H33NO7/c1-3-16-38-24-12-10-22(19-26(24)37-4-2)29-28(30(34)23-11-13-25-27(20-23)40-18-17-39-25)31(35)32(36)33(29)15-14-21-8-6-5-7-9-21/h5-13,19-20,29,34H,3-4,14-18H2,1-2H3/b30-28-. The molecule has 0 bridgehead atoms. The van der Waals surface area contributed by atoms with Crippen LogP contribution in [0.25, 0.3) is 5.76 Å². The first kappa shape index (κ1) is 27.1. The average molecular weight is 544 g/mol. The maximum Gasteiger partial charge on any atom is 0.295 e. The van der Waals surface area contributed by atoms with Gasteiger partial charge in [-0.25, -0.2) is 0 Å². The quantitative estimate of drug-likeness (QED) is 0.210. The first-order valence-electron chi connectivity index (χ1n) is 13.6. The van der Waals surface area contributed by atoms with Crippen molar-refractivity contribution in [3.8, 4) is 23.0 Å². The van der Waals surface area contributed by atoms with Gasteiger partial charge in [0.05, 0.1) is 24.8 Å². The Balaban J connectivity index is 1.59. The molecule has 2 aliphatic heterocycles. The summed E-state index contributed by atoms with van der Waals surface area (Å²) in [6, 6.07) is 19.3. The number of nitrogens with zero attached hydrogens (tertiary/aromatic N) is 1. The van der Waals surface area contributed by atoms with Crippen LogP contribution in [0.5, 0.6) is 23.0 Å². The third-order valence-electron chi connectivity index (χ3n) is 6.88. The largest absolute Gasteiger partial charge is 0.507 e. The van der Waals surface area contributed by atoms with Gasteiger partial charge in [0.2, 0.25) is 0 Å². The minimum Gasteiger partial charge on any atom is -0.507 e. The van der Waals surface area contributed by atoms with E-state index in [9.17, 15) is 14.7 Å². The molecule has 2 aliphatic rings. The number of amides is 1. The fourth-order valence-corrected chi connectivity index (χ4v) is 4.99. The van der Waals surface area contributed by atoms with Crippen molar-refractivity contribution in [1.29, 1.82) is 0 Å². The molecule has 0 radical (unpaired) electrons. The zero-order valence-electron chi connectivity index (χ0n) is 22.7. The predicted molar refractivity (Wildman–Crippen MR) is 150 cm³/mol. The third kappa shape index (κ3) is 5.47. The van der Waals surface area contributed by atoms with Gasteiger partial charge in [-0.05, 0) is 61.2 Å². The van der Waals surface area contributed by atoms with Gasteiger partial charge in [0, 0.05) is 12.1 Å². The van der Waals surface area contributed by atoms with E-state index < -0.39 is 17.7 Å². The highest BCUT2D eigenvalue weighted by Gasteiger charge is 2.46. The second-order valence-electron chi connectivity index (χ2n) is 9.57. The zero-order valence-corrected chi connectivity index (χ0v) is 22.7. The van der Waals surface area contributed by atoms with Crippen LogP contribution in [0, 0.1) is 0 Å². The Morgan fingerprint density at radius 1 is 0.925 bits per heavy atom. The summed E-state index contributed by atoms with van der Waals surface area (Å²) < 4.78 is 23.0. The highest BCUT2D eigenvalue weighted by atomic mass is 16.6. The van der Waals surface area contributed by atoms with E-state index in [4.69, 9.17) is 18.9 Å². The number of carbonyl (C=O) groups is 2. The zero-order chi connectivity index (χ0) is 28.1. The summed E-state index contributed by atoms with van der Waals surface area (Å²) in [5, 5.41) is 11.5. The highest BCUT2D eigenvalue weighted by molar-refractivity contribution is 6.46. The number of ketones is 1. The number of hydrogen-bond donors (Lipinski definition) is 1. The van der Waals surface area contributed by atoms with Gasteiger partial charge in [0.1, 0.15) is 19.0 Å². The molecule has 5 rings (SSSR count). The Hall–Kier alpha value is -4.46. The van der Waals surface area contributed by atoms with Gasteiger partial charge >= 0.3 is 0 Å². The van der Waals surface area contributed by atoms with Gasteiger partial charge in [-0.3, -0.25) is 9.59 Å². The molecule has 0 saturated carbocycles. The van der Waals surface area contributed by atoms with E-state index in [-0.39, 0.29) is 17.9 Å². The normalized spacial score (nSPS) is 17.6. The minimum atomic E-state index is -0.823. The number of Topliss-reactive ketones (excluding diaryl/α,β-unsaturated/α-hetero) is 1. The van der Waals surface area contributed by atoms with Crippen LogP contribution in [0.3, 0.4) is 0 Å². The lowest BCUT2D eigenvalue weighted by Crippen LogP contribution is -2.31. The summed E-state index contributed by atoms with van der Waals surface area (Å²) in [7, 11) is 0. The van der Waals surface area contributed by atoms with E-state index in [1.54, 1.807) is 30.3 Å². The van der Waals surface area contributed by atoms with Crippen LogP contribution < -0.4 is 18.9 Å². The van der Waals surface area contributed by atoms with E-state index in [1.165, 1.54) is 4.90 Å². The smallest absolute Gasteiger partial charge is 0.295 e. The number of fused-ring (bicyclic) bond motifs is 1. The molecule has 2 heterocycles. The maximum absolute atomic E-state index is 13.5. The molecule has 1 unspecified atom stereocenters. The number of hydrogen-bond acceptors (Lipinski definition) is 7. The molecule has 208 valence electrons. The van der Waals surface area contributed by atoms with Crippen LogP contribution in [0.2, 0.25) is 0 Å². The summed E-state index contributed by atoms with van der Waals surface area (Å²) in [6.45, 7) is 5.95. The lowest BCUT2D eigenvalue weighted by Gasteiger charge is -2.26. The summed E-state index contributed by atoms with van der Waals surface area (Å²) in [5.41, 5.74) is 2.05. The van der Waals surface area contributed by atoms with Gasteiger partial charge in [-0.2, -0.15) is 0 Å². The van der Waals surface area contributed by atoms with Gasteiger partial charge in [0.25, 0.3) is 11.7 Å². The van der Waals surface area contributed by atoms with E-state index >= 15 is 0 Å². The first-order chi connectivity index (χ1) is 19.5. The molecule has 1 N–H and O–H groups in total. The average Bonchev–Trinajstić information content (AvgIpc) is 3.24. The van der Waals surface area contributed by atoms with E-state index in [0.717, 1.165) is 12.0 Å². The Morgan fingerprint density at radius 2 is 1.70 bits per heavy atom. The van der Waals surface area contributed by atoms with Crippen LogP contribution >= 0.6 is 0 Å². The molecule has 1 fully saturated rings. The topological polar surface area (TPSA) is 94.5 Å². The minimum absolute atomic E-state index is 0.0133. The maximum atomic E-state index is 13.5. The van der Waals surface area contributed by atoms with Crippen molar-refractivity contribution in [3.05, 3.63) is 89.0 Å². The van der Waals surface area contributed by atoms with Crippen molar-refractivity contribution in [3.63, 3.8) is 0 Å². The molecular formula is C32H33NO7. The van der Waals surface area contributed by atoms with Gasteiger partial charge in [-0.1, -0.05) is 43.3 Å². The van der Waals surface area contributed by atoms with Crippen molar-refractivity contribution in [1.82, 2.24) is 4.90 Å². The number of carbonyl (C=O) groups excluding carboxylic acids is 2. The molecule has 40 heavy (non-hydrogen) atoms. The van der Waals surface area contributed by atoms with Gasteiger partial charge in [-0.15, -0.1) is 0 Å². The molecule has 0 aromatic heterocycles. The fourth-order valence-electron chi connectivity index (χ4n) is 4.99. The monoisotopic (exact) mass is 543 g/mol. The van der Waals surface area contributed by atoms with Gasteiger partial charge in [0.15, 0.2) is 23.0 Å². The molecule has 0 spiro atoms. The van der Waals surface area contributed by atoms with E-state index in [2.05, 4.69) is 0 Å². The van der Waals surface area contributed by atoms with Crippen molar-refractivity contribution >= 4 is 17.4 Å². The molecule has 1 amide bonds. The molecular weight excluding hydrogens is 510 g/mol. The molecule has 3 aromatic rings. The second kappa shape index (κ2) is 12.2. The van der Waals surface area contributed by atoms with Gasteiger partial charge < -0.3 is 29.0 Å². The lowest BCUT2D eigenvalue weighted by atomic mass is 9.94.